The van der Waals surface area contributed by atoms with Crippen LogP contribution in [0.2, 0.25) is 10.0 Å². The van der Waals surface area contributed by atoms with Gasteiger partial charge in [0.2, 0.25) is 0 Å². The molecule has 0 aromatic heterocycles. The van der Waals surface area contributed by atoms with E-state index in [0.717, 1.165) is 21.3 Å². The van der Waals surface area contributed by atoms with Gasteiger partial charge in [-0.05, 0) is 67.0 Å². The van der Waals surface area contributed by atoms with Gasteiger partial charge in [0, 0.05) is 20.2 Å². The van der Waals surface area contributed by atoms with E-state index in [-0.39, 0.29) is 6.42 Å². The lowest BCUT2D eigenvalue weighted by Gasteiger charge is -2.22. The molecule has 0 aliphatic heterocycles. The molecule has 0 heterocycles. The molecule has 0 amide bonds. The predicted molar refractivity (Wildman–Crippen MR) is 114 cm³/mol. The minimum absolute atomic E-state index is 0.179. The van der Waals surface area contributed by atoms with E-state index < -0.39 is 12.0 Å². The quantitative estimate of drug-likeness (QED) is 0.471. The van der Waals surface area contributed by atoms with E-state index in [2.05, 4.69) is 26.6 Å². The molecule has 138 valence electrons. The van der Waals surface area contributed by atoms with Crippen molar-refractivity contribution in [3.05, 3.63) is 61.5 Å². The summed E-state index contributed by atoms with van der Waals surface area (Å²) >= 11 is 21.0. The fourth-order valence-corrected chi connectivity index (χ4v) is 4.08. The molecule has 0 aliphatic rings. The van der Waals surface area contributed by atoms with Gasteiger partial charge in [0.15, 0.2) is 5.11 Å². The van der Waals surface area contributed by atoms with Gasteiger partial charge in [-0.25, -0.2) is 0 Å². The summed E-state index contributed by atoms with van der Waals surface area (Å²) in [5, 5.41) is 16.6. The number of rotatable bonds is 5. The maximum Gasteiger partial charge on any atom is 0.305 e. The van der Waals surface area contributed by atoms with E-state index in [1.165, 1.54) is 0 Å². The first-order chi connectivity index (χ1) is 12.2. The zero-order valence-corrected chi connectivity index (χ0v) is 18.0. The van der Waals surface area contributed by atoms with E-state index >= 15 is 0 Å². The lowest BCUT2D eigenvalue weighted by molar-refractivity contribution is -0.137. The monoisotopic (exact) mass is 474 g/mol. The Morgan fingerprint density at radius 2 is 1.85 bits per heavy atom. The van der Waals surface area contributed by atoms with E-state index in [4.69, 9.17) is 35.4 Å². The molecule has 0 radical (unpaired) electrons. The van der Waals surface area contributed by atoms with Crippen LogP contribution in [-0.2, 0) is 4.79 Å². The van der Waals surface area contributed by atoms with Crippen LogP contribution < -0.4 is 10.6 Å². The summed E-state index contributed by atoms with van der Waals surface area (Å²) < 4.78 is 0.980. The number of benzene rings is 2. The minimum Gasteiger partial charge on any atom is -0.481 e. The Balaban J connectivity index is 2.23. The Hall–Kier alpha value is -1.34. The molecule has 8 heteroatoms. The average molecular weight is 476 g/mol. The fraction of sp³-hybridized carbons (Fsp3) is 0.222. The number of hydrogen-bond donors (Lipinski definition) is 3. The van der Waals surface area contributed by atoms with Crippen LogP contribution in [0.4, 0.5) is 5.69 Å². The van der Waals surface area contributed by atoms with Crippen LogP contribution in [0.15, 0.2) is 34.8 Å². The third-order valence-corrected chi connectivity index (χ3v) is 5.00. The third-order valence-electron chi connectivity index (χ3n) is 3.76. The molecule has 1 unspecified atom stereocenters. The normalized spacial score (nSPS) is 11.7. The highest BCUT2D eigenvalue weighted by atomic mass is 79.9. The van der Waals surface area contributed by atoms with Crippen molar-refractivity contribution in [3.63, 3.8) is 0 Å². The van der Waals surface area contributed by atoms with Crippen molar-refractivity contribution < 1.29 is 9.90 Å². The molecule has 0 saturated carbocycles. The second kappa shape index (κ2) is 9.04. The number of anilines is 1. The van der Waals surface area contributed by atoms with Crippen molar-refractivity contribution in [2.24, 2.45) is 0 Å². The van der Waals surface area contributed by atoms with Crippen LogP contribution in [0, 0.1) is 13.8 Å². The SMILES string of the molecule is Cc1cc(Br)cc(C)c1NC(=S)NC(CC(=O)O)c1ccc(Cl)cc1Cl. The standard InChI is InChI=1S/C18H17BrCl2N2O2S/c1-9-5-11(19)6-10(2)17(9)23-18(26)22-15(8-16(24)25)13-4-3-12(20)7-14(13)21/h3-7,15H,8H2,1-2H3,(H,24,25)(H2,22,23,26). The predicted octanol–water partition coefficient (Wildman–Crippen LogP) is 5.88. The number of carbonyl (C=O) groups is 1. The van der Waals surface area contributed by atoms with Crippen LogP contribution in [0.25, 0.3) is 0 Å². The lowest BCUT2D eigenvalue weighted by atomic mass is 10.0. The molecular formula is C18H17BrCl2N2O2S. The Kier molecular flexibility index (Phi) is 7.29. The number of carboxylic acids is 1. The van der Waals surface area contributed by atoms with E-state index in [9.17, 15) is 9.90 Å². The van der Waals surface area contributed by atoms with Crippen LogP contribution in [0.3, 0.4) is 0 Å². The lowest BCUT2D eigenvalue weighted by Crippen LogP contribution is -2.34. The van der Waals surface area contributed by atoms with Gasteiger partial charge < -0.3 is 15.7 Å². The van der Waals surface area contributed by atoms with Gasteiger partial charge in [0.25, 0.3) is 0 Å². The zero-order chi connectivity index (χ0) is 19.4. The highest BCUT2D eigenvalue weighted by Gasteiger charge is 2.20. The van der Waals surface area contributed by atoms with Crippen molar-refractivity contribution in [3.8, 4) is 0 Å². The van der Waals surface area contributed by atoms with Crippen molar-refractivity contribution >= 4 is 68.1 Å². The second-order valence-corrected chi connectivity index (χ2v) is 8.00. The minimum atomic E-state index is -0.965. The molecule has 1 atom stereocenters. The Morgan fingerprint density at radius 1 is 1.23 bits per heavy atom. The average Bonchev–Trinajstić information content (AvgIpc) is 2.49. The van der Waals surface area contributed by atoms with E-state index in [1.807, 2.05) is 26.0 Å². The van der Waals surface area contributed by atoms with Crippen molar-refractivity contribution in [2.75, 3.05) is 5.32 Å². The molecule has 0 bridgehead atoms. The summed E-state index contributed by atoms with van der Waals surface area (Å²) in [5.41, 5.74) is 3.52. The number of thiocarbonyl (C=S) groups is 1. The van der Waals surface area contributed by atoms with Gasteiger partial charge in [-0.2, -0.15) is 0 Å². The maximum atomic E-state index is 11.3. The molecule has 3 N–H and O–H groups in total. The summed E-state index contributed by atoms with van der Waals surface area (Å²) in [6.45, 7) is 3.93. The molecule has 2 aromatic carbocycles. The first kappa shape index (κ1) is 21.0. The second-order valence-electron chi connectivity index (χ2n) is 5.83. The van der Waals surface area contributed by atoms with Gasteiger partial charge in [-0.15, -0.1) is 0 Å². The van der Waals surface area contributed by atoms with Gasteiger partial charge in [-0.1, -0.05) is 45.2 Å². The number of aryl methyl sites for hydroxylation is 2. The summed E-state index contributed by atoms with van der Waals surface area (Å²) in [6, 6.07) is 8.30. The van der Waals surface area contributed by atoms with Crippen LogP contribution in [0.1, 0.15) is 29.2 Å². The molecule has 26 heavy (non-hydrogen) atoms. The Bertz CT molecular complexity index is 838. The first-order valence-corrected chi connectivity index (χ1v) is 9.64. The van der Waals surface area contributed by atoms with E-state index in [0.29, 0.717) is 20.7 Å². The molecule has 0 fully saturated rings. The largest absolute Gasteiger partial charge is 0.481 e. The fourth-order valence-electron chi connectivity index (χ4n) is 2.61. The van der Waals surface area contributed by atoms with Crippen molar-refractivity contribution in [2.45, 2.75) is 26.3 Å². The summed E-state index contributed by atoms with van der Waals surface area (Å²) in [4.78, 5) is 11.3. The number of carboxylic acid groups (broad SMARTS) is 1. The third kappa shape index (κ3) is 5.58. The Morgan fingerprint density at radius 3 is 2.38 bits per heavy atom. The topological polar surface area (TPSA) is 61.4 Å². The highest BCUT2D eigenvalue weighted by molar-refractivity contribution is 9.10. The van der Waals surface area contributed by atoms with Gasteiger partial charge >= 0.3 is 5.97 Å². The van der Waals surface area contributed by atoms with Gasteiger partial charge in [0.05, 0.1) is 12.5 Å². The molecule has 4 nitrogen and oxygen atoms in total. The van der Waals surface area contributed by atoms with Crippen LogP contribution in [0.5, 0.6) is 0 Å². The molecule has 2 rings (SSSR count). The molecular weight excluding hydrogens is 459 g/mol. The van der Waals surface area contributed by atoms with Crippen molar-refractivity contribution in [1.29, 1.82) is 0 Å². The zero-order valence-electron chi connectivity index (χ0n) is 14.1. The highest BCUT2D eigenvalue weighted by Crippen LogP contribution is 2.29. The number of aliphatic carboxylic acids is 1. The summed E-state index contributed by atoms with van der Waals surface area (Å²) in [5.74, 6) is -0.965. The number of halogens is 3. The van der Waals surface area contributed by atoms with E-state index in [1.54, 1.807) is 18.2 Å². The number of hydrogen-bond acceptors (Lipinski definition) is 2. The molecule has 0 saturated heterocycles. The van der Waals surface area contributed by atoms with Gasteiger partial charge in [-0.3, -0.25) is 4.79 Å². The summed E-state index contributed by atoms with van der Waals surface area (Å²) in [7, 11) is 0. The summed E-state index contributed by atoms with van der Waals surface area (Å²) in [6.07, 6.45) is -0.179. The first-order valence-electron chi connectivity index (χ1n) is 7.68. The Labute approximate surface area is 176 Å². The van der Waals surface area contributed by atoms with Gasteiger partial charge in [0.1, 0.15) is 0 Å². The van der Waals surface area contributed by atoms with Crippen LogP contribution >= 0.6 is 51.3 Å². The smallest absolute Gasteiger partial charge is 0.305 e. The number of nitrogens with one attached hydrogen (secondary N) is 2. The van der Waals surface area contributed by atoms with Crippen LogP contribution in [-0.4, -0.2) is 16.2 Å². The molecule has 0 aliphatic carbocycles. The van der Waals surface area contributed by atoms with Crippen molar-refractivity contribution in [1.82, 2.24) is 5.32 Å². The molecule has 0 spiro atoms. The molecule has 2 aromatic rings. The maximum absolute atomic E-state index is 11.3.